The van der Waals surface area contributed by atoms with Gasteiger partial charge in [-0.1, -0.05) is 23.2 Å². The molecule has 3 nitrogen and oxygen atoms in total. The molecule has 0 atom stereocenters. The fourth-order valence-corrected chi connectivity index (χ4v) is 3.51. The topological polar surface area (TPSA) is 46.2 Å². The van der Waals surface area contributed by atoms with E-state index in [2.05, 4.69) is 4.72 Å². The zero-order valence-corrected chi connectivity index (χ0v) is 12.7. The number of anilines is 1. The van der Waals surface area contributed by atoms with Crippen LogP contribution in [0.25, 0.3) is 0 Å². The maximum absolute atomic E-state index is 13.0. The molecule has 0 radical (unpaired) electrons. The van der Waals surface area contributed by atoms with Gasteiger partial charge in [-0.2, -0.15) is 0 Å². The average Bonchev–Trinajstić information content (AvgIpc) is 2.32. The molecule has 7 heteroatoms. The minimum atomic E-state index is -3.84. The van der Waals surface area contributed by atoms with Crippen LogP contribution in [0.5, 0.6) is 0 Å². The fraction of sp³-hybridized carbons (Fsp3) is 0.0769. The van der Waals surface area contributed by atoms with E-state index >= 15 is 0 Å². The Kier molecular flexibility index (Phi) is 4.22. The van der Waals surface area contributed by atoms with E-state index < -0.39 is 15.8 Å². The summed E-state index contributed by atoms with van der Waals surface area (Å²) in [7, 11) is -3.84. The maximum Gasteiger partial charge on any atom is 0.262 e. The number of sulfonamides is 1. The molecule has 2 rings (SSSR count). The number of nitrogens with one attached hydrogen (secondary N) is 1. The van der Waals surface area contributed by atoms with Gasteiger partial charge in [0.25, 0.3) is 10.0 Å². The Hall–Kier alpha value is -1.30. The number of aryl methyl sites for hydroxylation is 1. The molecule has 0 bridgehead atoms. The molecule has 2 aromatic rings. The molecule has 0 unspecified atom stereocenters. The summed E-state index contributed by atoms with van der Waals surface area (Å²) in [6.45, 7) is 1.51. The van der Waals surface area contributed by atoms with E-state index in [0.717, 1.165) is 12.1 Å². The molecule has 2 aromatic carbocycles. The number of rotatable bonds is 3. The smallest absolute Gasteiger partial charge is 0.262 e. The SMILES string of the molecule is Cc1cc(F)ccc1S(=O)(=O)Nc1ccc(Cl)cc1Cl. The predicted octanol–water partition coefficient (Wildman–Crippen LogP) is 4.24. The maximum atomic E-state index is 13.0. The second kappa shape index (κ2) is 5.60. The minimum absolute atomic E-state index is 0.00934. The van der Waals surface area contributed by atoms with Crippen molar-refractivity contribution in [3.05, 3.63) is 57.8 Å². The van der Waals surface area contributed by atoms with E-state index in [4.69, 9.17) is 23.2 Å². The first-order valence-corrected chi connectivity index (χ1v) is 7.77. The second-order valence-electron chi connectivity index (χ2n) is 4.14. The summed E-state index contributed by atoms with van der Waals surface area (Å²) in [6, 6.07) is 7.85. The van der Waals surface area contributed by atoms with Gasteiger partial charge in [0.1, 0.15) is 5.82 Å². The summed E-state index contributed by atoms with van der Waals surface area (Å²) in [5, 5.41) is 0.580. The summed E-state index contributed by atoms with van der Waals surface area (Å²) in [4.78, 5) is -0.00934. The lowest BCUT2D eigenvalue weighted by Crippen LogP contribution is -2.14. The lowest BCUT2D eigenvalue weighted by Gasteiger charge is -2.11. The Labute approximate surface area is 126 Å². The van der Waals surface area contributed by atoms with Crippen LogP contribution in [-0.4, -0.2) is 8.42 Å². The molecule has 0 aliphatic carbocycles. The van der Waals surface area contributed by atoms with Crippen LogP contribution in [0.2, 0.25) is 10.0 Å². The Morgan fingerprint density at radius 2 is 1.80 bits per heavy atom. The molecule has 0 amide bonds. The highest BCUT2D eigenvalue weighted by Gasteiger charge is 2.18. The molecule has 0 saturated heterocycles. The van der Waals surface area contributed by atoms with Crippen molar-refractivity contribution in [3.8, 4) is 0 Å². The summed E-state index contributed by atoms with van der Waals surface area (Å²) < 4.78 is 39.9. The first-order chi connectivity index (χ1) is 9.29. The van der Waals surface area contributed by atoms with Crippen LogP contribution in [0.3, 0.4) is 0 Å². The van der Waals surface area contributed by atoms with Crippen LogP contribution in [0.4, 0.5) is 10.1 Å². The van der Waals surface area contributed by atoms with E-state index in [-0.39, 0.29) is 15.6 Å². The van der Waals surface area contributed by atoms with E-state index in [0.29, 0.717) is 10.6 Å². The first kappa shape index (κ1) is 15.1. The van der Waals surface area contributed by atoms with Crippen LogP contribution in [0.15, 0.2) is 41.3 Å². The van der Waals surface area contributed by atoms with Crippen molar-refractivity contribution < 1.29 is 12.8 Å². The van der Waals surface area contributed by atoms with Gasteiger partial charge in [0.2, 0.25) is 0 Å². The van der Waals surface area contributed by atoms with Gasteiger partial charge in [-0.05, 0) is 48.9 Å². The quantitative estimate of drug-likeness (QED) is 0.912. The minimum Gasteiger partial charge on any atom is -0.278 e. The number of hydrogen-bond acceptors (Lipinski definition) is 2. The molecule has 106 valence electrons. The Balaban J connectivity index is 2.41. The zero-order chi connectivity index (χ0) is 14.9. The van der Waals surface area contributed by atoms with Gasteiger partial charge in [-0.25, -0.2) is 12.8 Å². The third-order valence-electron chi connectivity index (χ3n) is 2.60. The average molecular weight is 334 g/mol. The van der Waals surface area contributed by atoms with Crippen molar-refractivity contribution in [1.82, 2.24) is 0 Å². The lowest BCUT2D eigenvalue weighted by molar-refractivity contribution is 0.598. The van der Waals surface area contributed by atoms with E-state index in [1.165, 1.54) is 31.2 Å². The van der Waals surface area contributed by atoms with Crippen molar-refractivity contribution in [2.24, 2.45) is 0 Å². The van der Waals surface area contributed by atoms with Crippen LogP contribution < -0.4 is 4.72 Å². The van der Waals surface area contributed by atoms with Crippen LogP contribution in [0.1, 0.15) is 5.56 Å². The summed E-state index contributed by atoms with van der Waals surface area (Å²) >= 11 is 11.7. The fourth-order valence-electron chi connectivity index (χ4n) is 1.69. The lowest BCUT2D eigenvalue weighted by atomic mass is 10.2. The zero-order valence-electron chi connectivity index (χ0n) is 10.3. The van der Waals surface area contributed by atoms with Crippen molar-refractivity contribution in [1.29, 1.82) is 0 Å². The van der Waals surface area contributed by atoms with Crippen LogP contribution in [-0.2, 0) is 10.0 Å². The Morgan fingerprint density at radius 1 is 1.10 bits per heavy atom. The van der Waals surface area contributed by atoms with Gasteiger partial charge in [0.15, 0.2) is 0 Å². The van der Waals surface area contributed by atoms with Crippen molar-refractivity contribution in [3.63, 3.8) is 0 Å². The third-order valence-corrected chi connectivity index (χ3v) is 4.68. The Bertz CT molecular complexity index is 763. The van der Waals surface area contributed by atoms with Gasteiger partial charge >= 0.3 is 0 Å². The third kappa shape index (κ3) is 3.23. The molecule has 0 aliphatic heterocycles. The van der Waals surface area contributed by atoms with Gasteiger partial charge in [-0.3, -0.25) is 4.72 Å². The molecule has 20 heavy (non-hydrogen) atoms. The van der Waals surface area contributed by atoms with Crippen LogP contribution in [0, 0.1) is 12.7 Å². The molecule has 0 fully saturated rings. The number of benzene rings is 2. The summed E-state index contributed by atoms with van der Waals surface area (Å²) in [5.74, 6) is -0.494. The largest absolute Gasteiger partial charge is 0.278 e. The molecule has 0 heterocycles. The number of halogens is 3. The predicted molar refractivity (Wildman–Crippen MR) is 78.4 cm³/mol. The number of hydrogen-bond donors (Lipinski definition) is 1. The normalized spacial score (nSPS) is 11.4. The molecule has 0 aromatic heterocycles. The van der Waals surface area contributed by atoms with E-state index in [9.17, 15) is 12.8 Å². The van der Waals surface area contributed by atoms with Gasteiger partial charge < -0.3 is 0 Å². The van der Waals surface area contributed by atoms with Crippen molar-refractivity contribution in [2.45, 2.75) is 11.8 Å². The van der Waals surface area contributed by atoms with Gasteiger partial charge in [0, 0.05) is 5.02 Å². The van der Waals surface area contributed by atoms with Crippen molar-refractivity contribution in [2.75, 3.05) is 4.72 Å². The summed E-state index contributed by atoms with van der Waals surface area (Å²) in [6.07, 6.45) is 0. The molecule has 0 saturated carbocycles. The molecular formula is C13H10Cl2FNO2S. The highest BCUT2D eigenvalue weighted by molar-refractivity contribution is 7.92. The van der Waals surface area contributed by atoms with E-state index in [1.54, 1.807) is 0 Å². The Morgan fingerprint density at radius 3 is 2.40 bits per heavy atom. The summed E-state index contributed by atoms with van der Waals surface area (Å²) in [5.41, 5.74) is 0.516. The molecule has 0 aliphatic rings. The molecule has 0 spiro atoms. The van der Waals surface area contributed by atoms with Gasteiger partial charge in [0.05, 0.1) is 15.6 Å². The first-order valence-electron chi connectivity index (χ1n) is 5.53. The molecule has 1 N–H and O–H groups in total. The standard InChI is InChI=1S/C13H10Cl2FNO2S/c1-8-6-10(16)3-5-13(8)20(18,19)17-12-4-2-9(14)7-11(12)15/h2-7,17H,1H3. The van der Waals surface area contributed by atoms with Gasteiger partial charge in [-0.15, -0.1) is 0 Å². The highest BCUT2D eigenvalue weighted by Crippen LogP contribution is 2.28. The van der Waals surface area contributed by atoms with E-state index in [1.807, 2.05) is 0 Å². The second-order valence-corrected chi connectivity index (χ2v) is 6.63. The van der Waals surface area contributed by atoms with Crippen molar-refractivity contribution >= 4 is 38.9 Å². The van der Waals surface area contributed by atoms with Crippen LogP contribution >= 0.6 is 23.2 Å². The highest BCUT2D eigenvalue weighted by atomic mass is 35.5. The molecular weight excluding hydrogens is 324 g/mol. The monoisotopic (exact) mass is 333 g/mol.